The van der Waals surface area contributed by atoms with Crippen molar-refractivity contribution < 1.29 is 14.7 Å². The second kappa shape index (κ2) is 6.88. The Labute approximate surface area is 122 Å². The van der Waals surface area contributed by atoms with Gasteiger partial charge < -0.3 is 14.8 Å². The number of pyridine rings is 1. The van der Waals surface area contributed by atoms with Crippen LogP contribution in [0.4, 0.5) is 0 Å². The fourth-order valence-corrected chi connectivity index (χ4v) is 2.17. The lowest BCUT2D eigenvalue weighted by atomic mass is 10.0. The lowest BCUT2D eigenvalue weighted by molar-refractivity contribution is -0.138. The third-order valence-electron chi connectivity index (χ3n) is 3.38. The maximum atomic E-state index is 11.9. The zero-order chi connectivity index (χ0) is 15.2. The van der Waals surface area contributed by atoms with E-state index in [2.05, 4.69) is 10.3 Å². The van der Waals surface area contributed by atoms with Crippen molar-refractivity contribution in [3.8, 4) is 0 Å². The smallest absolute Gasteiger partial charge is 0.303 e. The molecule has 0 radical (unpaired) electrons. The highest BCUT2D eigenvalue weighted by atomic mass is 16.4. The maximum Gasteiger partial charge on any atom is 0.303 e. The first-order valence-corrected chi connectivity index (χ1v) is 6.99. The molecule has 6 nitrogen and oxygen atoms in total. The zero-order valence-corrected chi connectivity index (χ0v) is 12.0. The van der Waals surface area contributed by atoms with E-state index in [0.717, 1.165) is 12.1 Å². The van der Waals surface area contributed by atoms with Crippen molar-refractivity contribution in [3.05, 3.63) is 36.3 Å². The molecule has 2 rings (SSSR count). The summed E-state index contributed by atoms with van der Waals surface area (Å²) in [5, 5.41) is 11.6. The first-order valence-electron chi connectivity index (χ1n) is 6.99. The number of nitrogens with zero attached hydrogens (tertiary/aromatic N) is 2. The second-order valence-electron chi connectivity index (χ2n) is 5.05. The number of nitrogens with one attached hydrogen (secondary N) is 1. The monoisotopic (exact) mass is 289 g/mol. The number of amides is 1. The van der Waals surface area contributed by atoms with Gasteiger partial charge in [0.2, 0.25) is 5.91 Å². The number of fused-ring (bicyclic) bond motifs is 1. The number of hydrogen-bond acceptors (Lipinski definition) is 3. The molecule has 2 aromatic heterocycles. The van der Waals surface area contributed by atoms with Gasteiger partial charge in [-0.05, 0) is 18.1 Å². The van der Waals surface area contributed by atoms with Gasteiger partial charge in [0.25, 0.3) is 0 Å². The van der Waals surface area contributed by atoms with Crippen molar-refractivity contribution in [2.75, 3.05) is 6.54 Å². The van der Waals surface area contributed by atoms with Crippen molar-refractivity contribution in [2.45, 2.75) is 26.2 Å². The van der Waals surface area contributed by atoms with Crippen LogP contribution in [0.2, 0.25) is 0 Å². The highest BCUT2D eigenvalue weighted by molar-refractivity contribution is 5.78. The van der Waals surface area contributed by atoms with Gasteiger partial charge in [-0.15, -0.1) is 0 Å². The topological polar surface area (TPSA) is 83.7 Å². The van der Waals surface area contributed by atoms with Gasteiger partial charge in [-0.3, -0.25) is 9.59 Å². The highest BCUT2D eigenvalue weighted by Crippen LogP contribution is 2.08. The van der Waals surface area contributed by atoms with E-state index in [4.69, 9.17) is 5.11 Å². The molecule has 0 saturated carbocycles. The molecule has 0 bridgehead atoms. The molecule has 1 atom stereocenters. The number of carbonyl (C=O) groups is 2. The SMILES string of the molecule is CCC(CNC(=O)Cc1cn2ccccc2n1)CC(=O)O. The van der Waals surface area contributed by atoms with Crippen LogP contribution in [-0.2, 0) is 16.0 Å². The zero-order valence-electron chi connectivity index (χ0n) is 12.0. The summed E-state index contributed by atoms with van der Waals surface area (Å²) in [6.45, 7) is 2.30. The van der Waals surface area contributed by atoms with E-state index in [9.17, 15) is 9.59 Å². The van der Waals surface area contributed by atoms with Crippen molar-refractivity contribution in [1.82, 2.24) is 14.7 Å². The molecule has 1 amide bonds. The van der Waals surface area contributed by atoms with Gasteiger partial charge in [0.15, 0.2) is 0 Å². The van der Waals surface area contributed by atoms with Crippen LogP contribution in [-0.4, -0.2) is 32.9 Å². The van der Waals surface area contributed by atoms with Gasteiger partial charge >= 0.3 is 5.97 Å². The summed E-state index contributed by atoms with van der Waals surface area (Å²) in [7, 11) is 0. The molecule has 21 heavy (non-hydrogen) atoms. The number of hydrogen-bond donors (Lipinski definition) is 2. The van der Waals surface area contributed by atoms with Crippen LogP contribution in [0.25, 0.3) is 5.65 Å². The van der Waals surface area contributed by atoms with Crippen molar-refractivity contribution in [1.29, 1.82) is 0 Å². The molecule has 0 aliphatic heterocycles. The average molecular weight is 289 g/mol. The summed E-state index contributed by atoms with van der Waals surface area (Å²) in [6.07, 6.45) is 4.70. The van der Waals surface area contributed by atoms with Gasteiger partial charge in [-0.1, -0.05) is 19.4 Å². The molecule has 0 aliphatic rings. The van der Waals surface area contributed by atoms with Crippen LogP contribution in [0, 0.1) is 5.92 Å². The first kappa shape index (κ1) is 15.0. The molecule has 0 aliphatic carbocycles. The van der Waals surface area contributed by atoms with E-state index >= 15 is 0 Å². The third-order valence-corrected chi connectivity index (χ3v) is 3.38. The van der Waals surface area contributed by atoms with Gasteiger partial charge in [0.1, 0.15) is 5.65 Å². The van der Waals surface area contributed by atoms with Crippen molar-refractivity contribution in [2.24, 2.45) is 5.92 Å². The van der Waals surface area contributed by atoms with Gasteiger partial charge in [0, 0.05) is 25.4 Å². The summed E-state index contributed by atoms with van der Waals surface area (Å²) >= 11 is 0. The van der Waals surface area contributed by atoms with Crippen LogP contribution in [0.5, 0.6) is 0 Å². The summed E-state index contributed by atoms with van der Waals surface area (Å²) < 4.78 is 1.86. The first-order chi connectivity index (χ1) is 10.1. The largest absolute Gasteiger partial charge is 0.481 e. The van der Waals surface area contributed by atoms with E-state index in [1.807, 2.05) is 41.9 Å². The minimum Gasteiger partial charge on any atom is -0.481 e. The van der Waals surface area contributed by atoms with E-state index in [-0.39, 0.29) is 24.7 Å². The number of rotatable bonds is 7. The van der Waals surface area contributed by atoms with Gasteiger partial charge in [0.05, 0.1) is 12.1 Å². The van der Waals surface area contributed by atoms with Gasteiger partial charge in [-0.25, -0.2) is 4.98 Å². The van der Waals surface area contributed by atoms with Gasteiger partial charge in [-0.2, -0.15) is 0 Å². The Hall–Kier alpha value is -2.37. The van der Waals surface area contributed by atoms with Crippen molar-refractivity contribution >= 4 is 17.5 Å². The number of carboxylic acids is 1. The lowest BCUT2D eigenvalue weighted by Crippen LogP contribution is -2.31. The second-order valence-corrected chi connectivity index (χ2v) is 5.05. The number of carboxylic acid groups (broad SMARTS) is 1. The Kier molecular flexibility index (Phi) is 4.92. The maximum absolute atomic E-state index is 11.9. The van der Waals surface area contributed by atoms with Crippen LogP contribution in [0.3, 0.4) is 0 Å². The Morgan fingerprint density at radius 3 is 2.90 bits per heavy atom. The van der Waals surface area contributed by atoms with Crippen LogP contribution in [0.1, 0.15) is 25.5 Å². The molecule has 2 heterocycles. The molecule has 0 fully saturated rings. The predicted molar refractivity (Wildman–Crippen MR) is 77.9 cm³/mol. The molecule has 0 saturated heterocycles. The minimum atomic E-state index is -0.837. The summed E-state index contributed by atoms with van der Waals surface area (Å²) in [5.74, 6) is -1.01. The van der Waals surface area contributed by atoms with Crippen molar-refractivity contribution in [3.63, 3.8) is 0 Å². The fourth-order valence-electron chi connectivity index (χ4n) is 2.17. The molecule has 0 aromatic carbocycles. The quantitative estimate of drug-likeness (QED) is 0.809. The molecule has 112 valence electrons. The van der Waals surface area contributed by atoms with Crippen LogP contribution in [0.15, 0.2) is 30.6 Å². The average Bonchev–Trinajstić information content (AvgIpc) is 2.85. The Morgan fingerprint density at radius 1 is 1.43 bits per heavy atom. The Morgan fingerprint density at radius 2 is 2.24 bits per heavy atom. The lowest BCUT2D eigenvalue weighted by Gasteiger charge is -2.12. The van der Waals surface area contributed by atoms with E-state index in [1.165, 1.54) is 0 Å². The summed E-state index contributed by atoms with van der Waals surface area (Å²) in [4.78, 5) is 26.9. The predicted octanol–water partition coefficient (Wildman–Crippen LogP) is 1.49. The number of carbonyl (C=O) groups excluding carboxylic acids is 1. The van der Waals surface area contributed by atoms with E-state index in [0.29, 0.717) is 12.2 Å². The van der Waals surface area contributed by atoms with Crippen LogP contribution < -0.4 is 5.32 Å². The number of imidazole rings is 1. The molecule has 0 spiro atoms. The Balaban J connectivity index is 1.87. The van der Waals surface area contributed by atoms with E-state index < -0.39 is 5.97 Å². The summed E-state index contributed by atoms with van der Waals surface area (Å²) in [6, 6.07) is 5.67. The van der Waals surface area contributed by atoms with Crippen LogP contribution >= 0.6 is 0 Å². The molecular formula is C15H19N3O3. The molecule has 2 aromatic rings. The molecule has 2 N–H and O–H groups in total. The minimum absolute atomic E-state index is 0.0347. The summed E-state index contributed by atoms with van der Waals surface area (Å²) in [5.41, 5.74) is 1.50. The Bertz CT molecular complexity index is 603. The standard InChI is InChI=1S/C15H19N3O3/c1-2-11(7-15(20)21)9-16-14(19)8-12-10-18-6-4-3-5-13(18)17-12/h3-6,10-11H,2,7-9H2,1H3,(H,16,19)(H,20,21). The van der Waals surface area contributed by atoms with E-state index in [1.54, 1.807) is 0 Å². The third kappa shape index (κ3) is 4.30. The number of aliphatic carboxylic acids is 1. The normalized spacial score (nSPS) is 12.2. The fraction of sp³-hybridized carbons (Fsp3) is 0.400. The molecule has 6 heteroatoms. The highest BCUT2D eigenvalue weighted by Gasteiger charge is 2.13. The molecular weight excluding hydrogens is 270 g/mol. The molecule has 1 unspecified atom stereocenters. The number of aromatic nitrogens is 2.